The fourth-order valence-electron chi connectivity index (χ4n) is 2.31. The van der Waals surface area contributed by atoms with Crippen LogP contribution in [0.4, 0.5) is 0 Å². The molecule has 0 aliphatic heterocycles. The zero-order valence-electron chi connectivity index (χ0n) is 11.7. The summed E-state index contributed by atoms with van der Waals surface area (Å²) in [6.07, 6.45) is 2.82. The van der Waals surface area contributed by atoms with Crippen molar-refractivity contribution >= 4 is 0 Å². The van der Waals surface area contributed by atoms with E-state index in [0.717, 1.165) is 36.3 Å². The van der Waals surface area contributed by atoms with Gasteiger partial charge in [0, 0.05) is 18.1 Å². The number of phenols is 1. The van der Waals surface area contributed by atoms with E-state index in [1.54, 1.807) is 12.1 Å². The Morgan fingerprint density at radius 2 is 1.67 bits per heavy atom. The number of benzene rings is 2. The second-order valence-corrected chi connectivity index (χ2v) is 5.06. The Kier molecular flexibility index (Phi) is 4.01. The highest BCUT2D eigenvalue weighted by Gasteiger charge is 2.06. The number of nitrogens with zero attached hydrogens (tertiary/aromatic N) is 1. The maximum Gasteiger partial charge on any atom is 0.137 e. The van der Waals surface area contributed by atoms with Gasteiger partial charge in [-0.25, -0.2) is 0 Å². The summed E-state index contributed by atoms with van der Waals surface area (Å²) in [4.78, 5) is 0. The minimum absolute atomic E-state index is 0.307. The molecule has 106 valence electrons. The Morgan fingerprint density at radius 1 is 0.905 bits per heavy atom. The molecule has 0 amide bonds. The molecule has 0 aliphatic rings. The highest BCUT2D eigenvalue weighted by Crippen LogP contribution is 2.20. The van der Waals surface area contributed by atoms with Crippen molar-refractivity contribution in [3.05, 3.63) is 72.0 Å². The molecular weight excluding hydrogens is 262 g/mol. The SMILES string of the molecule is Oc1ccc(CCCc2cc(-c3ccccc3)no2)cc1. The first-order valence-electron chi connectivity index (χ1n) is 7.10. The van der Waals surface area contributed by atoms with Crippen molar-refractivity contribution in [2.45, 2.75) is 19.3 Å². The number of aromatic nitrogens is 1. The zero-order chi connectivity index (χ0) is 14.5. The molecule has 0 spiro atoms. The van der Waals surface area contributed by atoms with Crippen LogP contribution in [0.15, 0.2) is 65.2 Å². The lowest BCUT2D eigenvalue weighted by Crippen LogP contribution is -1.88. The van der Waals surface area contributed by atoms with Gasteiger partial charge in [0.2, 0.25) is 0 Å². The lowest BCUT2D eigenvalue weighted by molar-refractivity contribution is 0.382. The van der Waals surface area contributed by atoms with E-state index in [2.05, 4.69) is 5.16 Å². The lowest BCUT2D eigenvalue weighted by atomic mass is 10.1. The van der Waals surface area contributed by atoms with E-state index in [9.17, 15) is 5.11 Å². The molecule has 3 heteroatoms. The van der Waals surface area contributed by atoms with E-state index < -0.39 is 0 Å². The van der Waals surface area contributed by atoms with Crippen LogP contribution in [0.1, 0.15) is 17.7 Å². The molecule has 0 atom stereocenters. The monoisotopic (exact) mass is 279 g/mol. The second-order valence-electron chi connectivity index (χ2n) is 5.06. The Labute approximate surface area is 123 Å². The molecule has 1 N–H and O–H groups in total. The molecule has 1 heterocycles. The third kappa shape index (κ3) is 3.51. The van der Waals surface area contributed by atoms with Crippen molar-refractivity contribution in [1.29, 1.82) is 0 Å². The van der Waals surface area contributed by atoms with E-state index in [0.29, 0.717) is 5.75 Å². The van der Waals surface area contributed by atoms with Gasteiger partial charge in [0.25, 0.3) is 0 Å². The molecule has 0 fully saturated rings. The Hall–Kier alpha value is -2.55. The molecule has 1 aromatic heterocycles. The predicted octanol–water partition coefficient (Wildman–Crippen LogP) is 4.22. The molecule has 0 saturated heterocycles. The first-order chi connectivity index (χ1) is 10.3. The summed E-state index contributed by atoms with van der Waals surface area (Å²) in [7, 11) is 0. The number of phenolic OH excluding ortho intramolecular Hbond substituents is 1. The first kappa shape index (κ1) is 13.4. The topological polar surface area (TPSA) is 46.3 Å². The zero-order valence-corrected chi connectivity index (χ0v) is 11.7. The normalized spacial score (nSPS) is 10.7. The summed E-state index contributed by atoms with van der Waals surface area (Å²) in [6.45, 7) is 0. The van der Waals surface area contributed by atoms with Crippen LogP contribution in [0.2, 0.25) is 0 Å². The highest BCUT2D eigenvalue weighted by atomic mass is 16.5. The van der Waals surface area contributed by atoms with Gasteiger partial charge in [0.05, 0.1) is 0 Å². The maximum atomic E-state index is 9.25. The van der Waals surface area contributed by atoms with Crippen LogP contribution >= 0.6 is 0 Å². The maximum absolute atomic E-state index is 9.25. The standard InChI is InChI=1S/C18H17NO2/c20-16-11-9-14(10-12-16)5-4-8-17-13-18(19-21-17)15-6-2-1-3-7-15/h1-3,6-7,9-13,20H,4-5,8H2. The van der Waals surface area contributed by atoms with Gasteiger partial charge >= 0.3 is 0 Å². The minimum Gasteiger partial charge on any atom is -0.508 e. The summed E-state index contributed by atoms with van der Waals surface area (Å²) < 4.78 is 5.39. The van der Waals surface area contributed by atoms with Crippen LogP contribution in [0.3, 0.4) is 0 Å². The highest BCUT2D eigenvalue weighted by molar-refractivity contribution is 5.58. The van der Waals surface area contributed by atoms with Gasteiger partial charge < -0.3 is 9.63 Å². The van der Waals surface area contributed by atoms with Crippen LogP contribution in [0, 0.1) is 0 Å². The molecule has 3 nitrogen and oxygen atoms in total. The van der Waals surface area contributed by atoms with Gasteiger partial charge in [-0.05, 0) is 30.5 Å². The number of hydrogen-bond donors (Lipinski definition) is 1. The molecule has 2 aromatic carbocycles. The third-order valence-electron chi connectivity index (χ3n) is 3.45. The van der Waals surface area contributed by atoms with Gasteiger partial charge in [-0.15, -0.1) is 0 Å². The quantitative estimate of drug-likeness (QED) is 0.760. The molecule has 0 radical (unpaired) electrons. The van der Waals surface area contributed by atoms with Crippen molar-refractivity contribution in [3.63, 3.8) is 0 Å². The first-order valence-corrected chi connectivity index (χ1v) is 7.10. The fourth-order valence-corrected chi connectivity index (χ4v) is 2.31. The Bertz CT molecular complexity index is 687. The van der Waals surface area contributed by atoms with E-state index in [-0.39, 0.29) is 0 Å². The number of aryl methyl sites for hydroxylation is 2. The van der Waals surface area contributed by atoms with Gasteiger partial charge in [-0.3, -0.25) is 0 Å². The van der Waals surface area contributed by atoms with Crippen LogP contribution in [0.5, 0.6) is 5.75 Å². The van der Waals surface area contributed by atoms with E-state index in [1.165, 1.54) is 5.56 Å². The summed E-state index contributed by atoms with van der Waals surface area (Å²) >= 11 is 0. The summed E-state index contributed by atoms with van der Waals surface area (Å²) in [6, 6.07) is 19.4. The fraction of sp³-hybridized carbons (Fsp3) is 0.167. The number of rotatable bonds is 5. The van der Waals surface area contributed by atoms with Gasteiger partial charge in [-0.2, -0.15) is 0 Å². The van der Waals surface area contributed by atoms with E-state index in [1.807, 2.05) is 48.5 Å². The lowest BCUT2D eigenvalue weighted by Gasteiger charge is -1.99. The smallest absolute Gasteiger partial charge is 0.137 e. The van der Waals surface area contributed by atoms with Crippen LogP contribution in [-0.4, -0.2) is 10.3 Å². The van der Waals surface area contributed by atoms with Crippen molar-refractivity contribution in [2.24, 2.45) is 0 Å². The average molecular weight is 279 g/mol. The van der Waals surface area contributed by atoms with Crippen molar-refractivity contribution in [2.75, 3.05) is 0 Å². The average Bonchev–Trinajstić information content (AvgIpc) is 2.99. The minimum atomic E-state index is 0.307. The molecule has 0 bridgehead atoms. The van der Waals surface area contributed by atoms with Crippen LogP contribution < -0.4 is 0 Å². The predicted molar refractivity (Wildman–Crippen MR) is 82.1 cm³/mol. The van der Waals surface area contributed by atoms with Crippen LogP contribution in [-0.2, 0) is 12.8 Å². The third-order valence-corrected chi connectivity index (χ3v) is 3.45. The summed E-state index contributed by atoms with van der Waals surface area (Å²) in [5.41, 5.74) is 3.18. The molecule has 21 heavy (non-hydrogen) atoms. The van der Waals surface area contributed by atoms with Gasteiger partial charge in [-0.1, -0.05) is 47.6 Å². The van der Waals surface area contributed by atoms with Gasteiger partial charge in [0.1, 0.15) is 17.2 Å². The Balaban J connectivity index is 1.57. The second kappa shape index (κ2) is 6.27. The molecule has 0 saturated carbocycles. The summed E-state index contributed by atoms with van der Waals surface area (Å²) in [5.74, 6) is 1.22. The van der Waals surface area contributed by atoms with Crippen molar-refractivity contribution < 1.29 is 9.63 Å². The van der Waals surface area contributed by atoms with E-state index >= 15 is 0 Å². The van der Waals surface area contributed by atoms with Crippen molar-refractivity contribution in [1.82, 2.24) is 5.16 Å². The molecule has 3 rings (SSSR count). The molecule has 0 unspecified atom stereocenters. The van der Waals surface area contributed by atoms with Crippen LogP contribution in [0.25, 0.3) is 11.3 Å². The number of aromatic hydroxyl groups is 1. The molecule has 3 aromatic rings. The number of hydrogen-bond acceptors (Lipinski definition) is 3. The molecular formula is C18H17NO2. The van der Waals surface area contributed by atoms with E-state index in [4.69, 9.17) is 4.52 Å². The van der Waals surface area contributed by atoms with Gasteiger partial charge in [0.15, 0.2) is 0 Å². The summed E-state index contributed by atoms with van der Waals surface area (Å²) in [5, 5.41) is 13.4. The Morgan fingerprint density at radius 3 is 2.43 bits per heavy atom. The largest absolute Gasteiger partial charge is 0.508 e. The van der Waals surface area contributed by atoms with Crippen molar-refractivity contribution in [3.8, 4) is 17.0 Å². The molecule has 0 aliphatic carbocycles.